The van der Waals surface area contributed by atoms with E-state index in [2.05, 4.69) is 4.98 Å². The second-order valence-electron chi connectivity index (χ2n) is 6.23. The maximum absolute atomic E-state index is 14.4. The number of urea groups is 1. The van der Waals surface area contributed by atoms with Gasteiger partial charge in [0, 0.05) is 12.3 Å². The van der Waals surface area contributed by atoms with E-state index in [4.69, 9.17) is 10.5 Å². The number of nitrogens with one attached hydrogen (secondary N) is 2. The average Bonchev–Trinajstić information content (AvgIpc) is 2.71. The summed E-state index contributed by atoms with van der Waals surface area (Å²) in [5.74, 6) is -3.05. The van der Waals surface area contributed by atoms with Crippen LogP contribution in [0.4, 0.5) is 38.1 Å². The second kappa shape index (κ2) is 8.88. The van der Waals surface area contributed by atoms with E-state index in [1.807, 2.05) is 10.6 Å². The highest BCUT2D eigenvalue weighted by atomic mass is 19.4. The van der Waals surface area contributed by atoms with Crippen molar-refractivity contribution in [2.75, 3.05) is 10.6 Å². The van der Waals surface area contributed by atoms with Crippen LogP contribution in [0.15, 0.2) is 54.7 Å². The number of primary amides is 1. The molecule has 0 aliphatic carbocycles. The SMILES string of the molecule is NC(=O)c1ncccc1Oc1ccc(NC(=O)Nc2cc(C(F)(F)F)ccc2F)c(F)c1. The Hall–Kier alpha value is -4.22. The van der Waals surface area contributed by atoms with Crippen LogP contribution in [0.2, 0.25) is 0 Å². The van der Waals surface area contributed by atoms with Gasteiger partial charge in [-0.1, -0.05) is 0 Å². The number of halogens is 5. The quantitative estimate of drug-likeness (QED) is 0.478. The average molecular weight is 452 g/mol. The lowest BCUT2D eigenvalue weighted by molar-refractivity contribution is -0.137. The fraction of sp³-hybridized carbons (Fsp3) is 0.0500. The Morgan fingerprint density at radius 1 is 0.938 bits per heavy atom. The Morgan fingerprint density at radius 2 is 1.66 bits per heavy atom. The standard InChI is InChI=1S/C20H13F5N4O3/c21-12-5-3-10(20(23,24)25)8-15(12)29-19(31)28-14-6-4-11(9-13(14)22)32-16-2-1-7-27-17(16)18(26)30/h1-9H,(H2,26,30)(H2,28,29,31). The third-order valence-corrected chi connectivity index (χ3v) is 3.96. The number of benzene rings is 2. The Morgan fingerprint density at radius 3 is 2.31 bits per heavy atom. The second-order valence-corrected chi connectivity index (χ2v) is 6.23. The van der Waals surface area contributed by atoms with E-state index in [0.29, 0.717) is 18.2 Å². The molecule has 3 rings (SSSR count). The van der Waals surface area contributed by atoms with E-state index in [-0.39, 0.29) is 22.9 Å². The minimum Gasteiger partial charge on any atom is -0.455 e. The van der Waals surface area contributed by atoms with Crippen LogP contribution in [0.1, 0.15) is 16.1 Å². The molecule has 0 atom stereocenters. The third-order valence-electron chi connectivity index (χ3n) is 3.96. The summed E-state index contributed by atoms with van der Waals surface area (Å²) in [6.45, 7) is 0. The van der Waals surface area contributed by atoms with Gasteiger partial charge in [0.1, 0.15) is 17.4 Å². The summed E-state index contributed by atoms with van der Waals surface area (Å²) in [7, 11) is 0. The van der Waals surface area contributed by atoms with Crippen molar-refractivity contribution in [2.45, 2.75) is 6.18 Å². The fourth-order valence-corrected chi connectivity index (χ4v) is 2.52. The number of ether oxygens (including phenoxy) is 1. The normalized spacial score (nSPS) is 11.0. The fourth-order valence-electron chi connectivity index (χ4n) is 2.52. The molecule has 1 heterocycles. The lowest BCUT2D eigenvalue weighted by atomic mass is 10.2. The Bertz CT molecular complexity index is 1180. The van der Waals surface area contributed by atoms with Crippen molar-refractivity contribution in [3.05, 3.63) is 77.6 Å². The zero-order valence-electron chi connectivity index (χ0n) is 15.8. The molecule has 166 valence electrons. The van der Waals surface area contributed by atoms with E-state index < -0.39 is 41.0 Å². The van der Waals surface area contributed by atoms with Crippen molar-refractivity contribution in [3.8, 4) is 11.5 Å². The maximum atomic E-state index is 14.4. The number of nitrogens with zero attached hydrogens (tertiary/aromatic N) is 1. The van der Waals surface area contributed by atoms with Gasteiger partial charge in [-0.3, -0.25) is 4.79 Å². The molecular formula is C20H13F5N4O3. The monoisotopic (exact) mass is 452 g/mol. The molecule has 0 spiro atoms. The Labute approximate surface area is 177 Å². The number of nitrogens with two attached hydrogens (primary N) is 1. The first-order chi connectivity index (χ1) is 15.0. The number of alkyl halides is 3. The molecule has 3 aromatic rings. The molecule has 3 amide bonds. The molecule has 0 fully saturated rings. The summed E-state index contributed by atoms with van der Waals surface area (Å²) in [5.41, 5.74) is 2.71. The topological polar surface area (TPSA) is 106 Å². The van der Waals surface area contributed by atoms with Crippen LogP contribution in [0.5, 0.6) is 11.5 Å². The van der Waals surface area contributed by atoms with E-state index in [1.54, 1.807) is 0 Å². The molecule has 0 bridgehead atoms. The van der Waals surface area contributed by atoms with Crippen LogP contribution in [0, 0.1) is 11.6 Å². The zero-order chi connectivity index (χ0) is 23.5. The van der Waals surface area contributed by atoms with Crippen molar-refractivity contribution in [3.63, 3.8) is 0 Å². The van der Waals surface area contributed by atoms with E-state index in [9.17, 15) is 31.5 Å². The van der Waals surface area contributed by atoms with Gasteiger partial charge in [0.25, 0.3) is 5.91 Å². The number of carbonyl (C=O) groups excluding carboxylic acids is 2. The predicted octanol–water partition coefficient (Wildman–Crippen LogP) is 4.91. The summed E-state index contributed by atoms with van der Waals surface area (Å²) in [5, 5.41) is 3.94. The number of carbonyl (C=O) groups is 2. The molecule has 0 aliphatic rings. The molecule has 2 aromatic carbocycles. The van der Waals surface area contributed by atoms with E-state index in [1.165, 1.54) is 24.4 Å². The van der Waals surface area contributed by atoms with Crippen LogP contribution in [0.3, 0.4) is 0 Å². The molecule has 0 saturated heterocycles. The smallest absolute Gasteiger partial charge is 0.416 e. The molecule has 12 heteroatoms. The van der Waals surface area contributed by atoms with Crippen LogP contribution < -0.4 is 21.1 Å². The molecule has 0 unspecified atom stereocenters. The highest BCUT2D eigenvalue weighted by molar-refractivity contribution is 6.00. The Balaban J connectivity index is 1.73. The minimum atomic E-state index is -4.74. The van der Waals surface area contributed by atoms with Gasteiger partial charge in [0.05, 0.1) is 16.9 Å². The van der Waals surface area contributed by atoms with Gasteiger partial charge >= 0.3 is 12.2 Å². The van der Waals surface area contributed by atoms with Crippen molar-refractivity contribution in [2.24, 2.45) is 5.73 Å². The highest BCUT2D eigenvalue weighted by Gasteiger charge is 2.31. The van der Waals surface area contributed by atoms with Crippen molar-refractivity contribution in [1.82, 2.24) is 4.98 Å². The molecule has 7 nitrogen and oxygen atoms in total. The first-order valence-electron chi connectivity index (χ1n) is 8.71. The minimum absolute atomic E-state index is 0.0297. The third kappa shape index (κ3) is 5.28. The van der Waals surface area contributed by atoms with Crippen LogP contribution in [-0.2, 0) is 6.18 Å². The summed E-state index contributed by atoms with van der Waals surface area (Å²) < 4.78 is 71.8. The maximum Gasteiger partial charge on any atom is 0.416 e. The molecule has 32 heavy (non-hydrogen) atoms. The van der Waals surface area contributed by atoms with Crippen LogP contribution in [-0.4, -0.2) is 16.9 Å². The molecular weight excluding hydrogens is 439 g/mol. The van der Waals surface area contributed by atoms with Crippen molar-refractivity contribution < 1.29 is 36.3 Å². The molecule has 1 aromatic heterocycles. The van der Waals surface area contributed by atoms with Gasteiger partial charge in [-0.05, 0) is 42.5 Å². The number of aromatic nitrogens is 1. The number of hydrogen-bond acceptors (Lipinski definition) is 4. The van der Waals surface area contributed by atoms with Crippen molar-refractivity contribution in [1.29, 1.82) is 0 Å². The molecule has 0 aliphatic heterocycles. The molecule has 0 saturated carbocycles. The summed E-state index contributed by atoms with van der Waals surface area (Å²) in [4.78, 5) is 27.1. The summed E-state index contributed by atoms with van der Waals surface area (Å²) in [6, 6.07) is 6.34. The highest BCUT2D eigenvalue weighted by Crippen LogP contribution is 2.32. The lowest BCUT2D eigenvalue weighted by Crippen LogP contribution is -2.21. The number of rotatable bonds is 5. The largest absolute Gasteiger partial charge is 0.455 e. The van der Waals surface area contributed by atoms with Gasteiger partial charge in [0.15, 0.2) is 11.4 Å². The van der Waals surface area contributed by atoms with Crippen molar-refractivity contribution >= 4 is 23.3 Å². The van der Waals surface area contributed by atoms with Gasteiger partial charge in [-0.15, -0.1) is 0 Å². The van der Waals surface area contributed by atoms with Gasteiger partial charge < -0.3 is 21.1 Å². The number of hydrogen-bond donors (Lipinski definition) is 3. The van der Waals surface area contributed by atoms with Gasteiger partial charge in [-0.25, -0.2) is 18.6 Å². The summed E-state index contributed by atoms with van der Waals surface area (Å²) >= 11 is 0. The molecule has 4 N–H and O–H groups in total. The first kappa shape index (κ1) is 22.5. The zero-order valence-corrected chi connectivity index (χ0v) is 15.8. The van der Waals surface area contributed by atoms with Gasteiger partial charge in [0.2, 0.25) is 0 Å². The van der Waals surface area contributed by atoms with E-state index >= 15 is 0 Å². The van der Waals surface area contributed by atoms with Crippen LogP contribution >= 0.6 is 0 Å². The van der Waals surface area contributed by atoms with Gasteiger partial charge in [-0.2, -0.15) is 13.2 Å². The van der Waals surface area contributed by atoms with Crippen LogP contribution in [0.25, 0.3) is 0 Å². The summed E-state index contributed by atoms with van der Waals surface area (Å²) in [6.07, 6.45) is -3.43. The molecule has 0 radical (unpaired) electrons. The lowest BCUT2D eigenvalue weighted by Gasteiger charge is -2.13. The van der Waals surface area contributed by atoms with E-state index in [0.717, 1.165) is 12.1 Å². The Kier molecular flexibility index (Phi) is 6.23. The number of pyridine rings is 1. The first-order valence-corrected chi connectivity index (χ1v) is 8.71. The number of amides is 3. The predicted molar refractivity (Wildman–Crippen MR) is 103 cm³/mol. The number of anilines is 2.